The number of nitrogens with two attached hydrogens (primary N) is 1. The molecule has 0 radical (unpaired) electrons. The normalized spacial score (nSPS) is 11.1. The average Bonchev–Trinajstić information content (AvgIpc) is 3.20. The Bertz CT molecular complexity index is 1280. The van der Waals surface area contributed by atoms with Gasteiger partial charge in [0.2, 0.25) is 5.95 Å². The summed E-state index contributed by atoms with van der Waals surface area (Å²) in [5.41, 5.74) is 11.4. The van der Waals surface area contributed by atoms with Gasteiger partial charge in [0.1, 0.15) is 5.52 Å². The van der Waals surface area contributed by atoms with E-state index in [1.807, 2.05) is 54.6 Å². The summed E-state index contributed by atoms with van der Waals surface area (Å²) in [6.07, 6.45) is 1.56. The fraction of sp³-hybridized carbons (Fsp3) is 0.0500. The molecular weight excluding hydrogens is 352 g/mol. The Kier molecular flexibility index (Phi) is 3.79. The maximum atomic E-state index is 5.80. The van der Waals surface area contributed by atoms with Crippen LogP contribution >= 0.6 is 0 Å². The number of nitrogens with zero attached hydrogens (tertiary/aromatic N) is 5. The van der Waals surface area contributed by atoms with Crippen LogP contribution < -0.4 is 11.1 Å². The number of aromatic amines is 1. The topological polar surface area (TPSA) is 118 Å². The molecule has 0 aliphatic carbocycles. The maximum absolute atomic E-state index is 5.80. The third kappa shape index (κ3) is 2.86. The molecule has 0 saturated carbocycles. The summed E-state index contributed by atoms with van der Waals surface area (Å²) in [5.74, 6) is 0.740. The summed E-state index contributed by atoms with van der Waals surface area (Å²) >= 11 is 0. The summed E-state index contributed by atoms with van der Waals surface area (Å²) < 4.78 is 0. The monoisotopic (exact) mass is 368 g/mol. The number of aromatic nitrogens is 6. The van der Waals surface area contributed by atoms with Gasteiger partial charge in [-0.2, -0.15) is 9.97 Å². The van der Waals surface area contributed by atoms with E-state index in [0.717, 1.165) is 28.0 Å². The molecule has 5 rings (SSSR count). The van der Waals surface area contributed by atoms with Crippen molar-refractivity contribution in [1.82, 2.24) is 29.9 Å². The minimum atomic E-state index is 0.162. The van der Waals surface area contributed by atoms with Gasteiger partial charge in [0, 0.05) is 5.56 Å². The molecule has 0 fully saturated rings. The smallest absolute Gasteiger partial charge is 0.224 e. The van der Waals surface area contributed by atoms with Crippen LogP contribution in [0.4, 0.5) is 11.8 Å². The molecule has 2 aromatic carbocycles. The van der Waals surface area contributed by atoms with E-state index >= 15 is 0 Å². The molecule has 136 valence electrons. The van der Waals surface area contributed by atoms with Crippen molar-refractivity contribution in [2.24, 2.45) is 0 Å². The van der Waals surface area contributed by atoms with Gasteiger partial charge in [-0.25, -0.2) is 15.0 Å². The number of hydrogen-bond donors (Lipinski definition) is 3. The molecule has 0 spiro atoms. The predicted octanol–water partition coefficient (Wildman–Crippen LogP) is 3.16. The lowest BCUT2D eigenvalue weighted by atomic mass is 10.1. The Morgan fingerprint density at radius 1 is 0.857 bits per heavy atom. The first-order chi connectivity index (χ1) is 13.8. The second-order valence-corrected chi connectivity index (χ2v) is 6.26. The summed E-state index contributed by atoms with van der Waals surface area (Å²) in [7, 11) is 0. The Balaban J connectivity index is 1.58. The van der Waals surface area contributed by atoms with Crippen molar-refractivity contribution in [1.29, 1.82) is 0 Å². The summed E-state index contributed by atoms with van der Waals surface area (Å²) in [4.78, 5) is 25.3. The molecule has 0 unspecified atom stereocenters. The van der Waals surface area contributed by atoms with Gasteiger partial charge in [-0.15, -0.1) is 0 Å². The number of imidazole rings is 1. The minimum absolute atomic E-state index is 0.162. The first kappa shape index (κ1) is 16.1. The molecule has 0 aliphatic rings. The van der Waals surface area contributed by atoms with Crippen LogP contribution in [0.1, 0.15) is 5.69 Å². The molecule has 3 aromatic heterocycles. The molecule has 4 N–H and O–H groups in total. The zero-order valence-corrected chi connectivity index (χ0v) is 14.8. The fourth-order valence-electron chi connectivity index (χ4n) is 3.13. The van der Waals surface area contributed by atoms with E-state index < -0.39 is 0 Å². The van der Waals surface area contributed by atoms with Gasteiger partial charge in [0.05, 0.1) is 35.3 Å². The quantitative estimate of drug-likeness (QED) is 0.446. The van der Waals surface area contributed by atoms with E-state index in [1.165, 1.54) is 0 Å². The number of benzene rings is 2. The van der Waals surface area contributed by atoms with Gasteiger partial charge in [0.15, 0.2) is 11.5 Å². The molecule has 28 heavy (non-hydrogen) atoms. The van der Waals surface area contributed by atoms with E-state index in [2.05, 4.69) is 25.3 Å². The zero-order chi connectivity index (χ0) is 18.9. The highest BCUT2D eigenvalue weighted by Gasteiger charge is 2.13. The number of fused-ring (bicyclic) bond motifs is 2. The van der Waals surface area contributed by atoms with Gasteiger partial charge < -0.3 is 16.0 Å². The number of para-hydroxylation sites is 2. The standard InChI is InChI=1S/C20H16N8/c21-20-27-18(17-19(28-20)24-11-23-17)22-10-15-16(12-6-2-1-3-7-12)26-14-9-5-4-8-13(14)25-15/h1-9,11H,10H2,(H4,21,22,23,24,27,28). The number of anilines is 2. The Morgan fingerprint density at radius 3 is 2.43 bits per heavy atom. The molecule has 8 heteroatoms. The maximum Gasteiger partial charge on any atom is 0.224 e. The summed E-state index contributed by atoms with van der Waals surface area (Å²) in [6, 6.07) is 17.8. The molecule has 0 bridgehead atoms. The number of nitrogens with one attached hydrogen (secondary N) is 2. The number of rotatable bonds is 4. The molecule has 0 saturated heterocycles. The van der Waals surface area contributed by atoms with E-state index in [9.17, 15) is 0 Å². The summed E-state index contributed by atoms with van der Waals surface area (Å²) in [5, 5.41) is 3.30. The van der Waals surface area contributed by atoms with Crippen LogP contribution in [0.25, 0.3) is 33.5 Å². The van der Waals surface area contributed by atoms with Gasteiger partial charge in [-0.05, 0) is 12.1 Å². The van der Waals surface area contributed by atoms with Crippen molar-refractivity contribution in [3.05, 3.63) is 66.6 Å². The molecule has 3 heterocycles. The Morgan fingerprint density at radius 2 is 1.61 bits per heavy atom. The van der Waals surface area contributed by atoms with Crippen LogP contribution in [0.3, 0.4) is 0 Å². The SMILES string of the molecule is Nc1nc(NCc2nc3ccccc3nc2-c2ccccc2)c2[nH]cnc2n1. The van der Waals surface area contributed by atoms with Crippen molar-refractivity contribution in [3.8, 4) is 11.3 Å². The van der Waals surface area contributed by atoms with Gasteiger partial charge in [0.25, 0.3) is 0 Å². The molecule has 0 atom stereocenters. The van der Waals surface area contributed by atoms with E-state index in [-0.39, 0.29) is 5.95 Å². The van der Waals surface area contributed by atoms with Crippen LogP contribution in [0, 0.1) is 0 Å². The van der Waals surface area contributed by atoms with E-state index in [0.29, 0.717) is 23.5 Å². The third-order valence-electron chi connectivity index (χ3n) is 4.42. The van der Waals surface area contributed by atoms with Crippen LogP contribution in [0.15, 0.2) is 60.9 Å². The highest BCUT2D eigenvalue weighted by atomic mass is 15.1. The van der Waals surface area contributed by atoms with Crippen molar-refractivity contribution in [2.75, 3.05) is 11.1 Å². The van der Waals surface area contributed by atoms with Crippen LogP contribution in [0.5, 0.6) is 0 Å². The number of hydrogen-bond acceptors (Lipinski definition) is 7. The first-order valence-electron chi connectivity index (χ1n) is 8.79. The molecule has 0 aliphatic heterocycles. The minimum Gasteiger partial charge on any atom is -0.368 e. The highest BCUT2D eigenvalue weighted by molar-refractivity contribution is 5.84. The summed E-state index contributed by atoms with van der Waals surface area (Å²) in [6.45, 7) is 0.423. The molecule has 5 aromatic rings. The Hall–Kier alpha value is -4.07. The predicted molar refractivity (Wildman–Crippen MR) is 108 cm³/mol. The highest BCUT2D eigenvalue weighted by Crippen LogP contribution is 2.25. The van der Waals surface area contributed by atoms with Gasteiger partial charge in [-0.3, -0.25) is 0 Å². The Labute approximate surface area is 159 Å². The van der Waals surface area contributed by atoms with Crippen LogP contribution in [-0.2, 0) is 6.54 Å². The van der Waals surface area contributed by atoms with Crippen molar-refractivity contribution < 1.29 is 0 Å². The van der Waals surface area contributed by atoms with Gasteiger partial charge >= 0.3 is 0 Å². The lowest BCUT2D eigenvalue weighted by Crippen LogP contribution is -2.09. The van der Waals surface area contributed by atoms with Gasteiger partial charge in [-0.1, -0.05) is 42.5 Å². The van der Waals surface area contributed by atoms with Crippen LogP contribution in [0.2, 0.25) is 0 Å². The number of nitrogen functional groups attached to an aromatic ring is 1. The van der Waals surface area contributed by atoms with E-state index in [1.54, 1.807) is 6.33 Å². The largest absolute Gasteiger partial charge is 0.368 e. The second-order valence-electron chi connectivity index (χ2n) is 6.26. The molecule has 0 amide bonds. The van der Waals surface area contributed by atoms with E-state index in [4.69, 9.17) is 15.7 Å². The molecule has 8 nitrogen and oxygen atoms in total. The van der Waals surface area contributed by atoms with Crippen molar-refractivity contribution in [3.63, 3.8) is 0 Å². The molecular formula is C20H16N8. The van der Waals surface area contributed by atoms with Crippen molar-refractivity contribution in [2.45, 2.75) is 6.54 Å². The fourth-order valence-corrected chi connectivity index (χ4v) is 3.13. The average molecular weight is 368 g/mol. The number of H-pyrrole nitrogens is 1. The lowest BCUT2D eigenvalue weighted by molar-refractivity contribution is 1.03. The second kappa shape index (κ2) is 6.58. The van der Waals surface area contributed by atoms with Crippen molar-refractivity contribution >= 4 is 34.0 Å². The zero-order valence-electron chi connectivity index (χ0n) is 14.8. The van der Waals surface area contributed by atoms with Crippen LogP contribution in [-0.4, -0.2) is 29.9 Å². The first-order valence-corrected chi connectivity index (χ1v) is 8.79. The third-order valence-corrected chi connectivity index (χ3v) is 4.42. The lowest BCUT2D eigenvalue weighted by Gasteiger charge is -2.12.